The fraction of sp³-hybridized carbons (Fsp3) is 0.273. The number of rotatable bonds is 4. The highest BCUT2D eigenvalue weighted by molar-refractivity contribution is 7.16. The summed E-state index contributed by atoms with van der Waals surface area (Å²) < 4.78 is 13.1. The Labute approximate surface area is 187 Å². The first-order valence-corrected chi connectivity index (χ1v) is 11.7. The number of anilines is 1. The average Bonchev–Trinajstić information content (AvgIpc) is 3.41. The molecule has 1 amide bonds. The third kappa shape index (κ3) is 4.03. The Balaban J connectivity index is 1.27. The summed E-state index contributed by atoms with van der Waals surface area (Å²) in [5.41, 5.74) is 1.73. The number of nitrogens with zero attached hydrogens (tertiary/aromatic N) is 5. The SMILES string of the molecule is Cc1nc(Cc2ccc(F)cc2)sc1C(=O)N1CCN(c2ncnc3sccc23)CC1. The van der Waals surface area contributed by atoms with Crippen molar-refractivity contribution in [1.29, 1.82) is 0 Å². The van der Waals surface area contributed by atoms with Crippen LogP contribution in [0.4, 0.5) is 10.2 Å². The first-order valence-electron chi connectivity index (χ1n) is 10.0. The minimum Gasteiger partial charge on any atom is -0.352 e. The second-order valence-electron chi connectivity index (χ2n) is 7.44. The predicted octanol–water partition coefficient (Wildman–Crippen LogP) is 4.15. The molecule has 4 heterocycles. The first-order chi connectivity index (χ1) is 15.1. The summed E-state index contributed by atoms with van der Waals surface area (Å²) in [4.78, 5) is 32.3. The summed E-state index contributed by atoms with van der Waals surface area (Å²) >= 11 is 3.04. The normalized spacial score (nSPS) is 14.4. The van der Waals surface area contributed by atoms with Crippen LogP contribution < -0.4 is 4.90 Å². The molecule has 1 aromatic carbocycles. The molecule has 31 heavy (non-hydrogen) atoms. The summed E-state index contributed by atoms with van der Waals surface area (Å²) in [6.45, 7) is 4.61. The summed E-state index contributed by atoms with van der Waals surface area (Å²) in [6.07, 6.45) is 2.20. The Bertz CT molecular complexity index is 1230. The smallest absolute Gasteiger partial charge is 0.265 e. The predicted molar refractivity (Wildman–Crippen MR) is 122 cm³/mol. The Morgan fingerprint density at radius 2 is 1.87 bits per heavy atom. The molecular weight excluding hydrogens is 433 g/mol. The van der Waals surface area contributed by atoms with Crippen molar-refractivity contribution < 1.29 is 9.18 Å². The van der Waals surface area contributed by atoms with Crippen LogP contribution >= 0.6 is 22.7 Å². The van der Waals surface area contributed by atoms with Crippen molar-refractivity contribution in [3.05, 3.63) is 69.0 Å². The molecule has 0 unspecified atom stereocenters. The molecule has 0 bridgehead atoms. The molecule has 1 aliphatic heterocycles. The zero-order valence-corrected chi connectivity index (χ0v) is 18.5. The molecule has 0 N–H and O–H groups in total. The van der Waals surface area contributed by atoms with Crippen molar-refractivity contribution in [3.8, 4) is 0 Å². The van der Waals surface area contributed by atoms with Crippen LogP contribution in [0.2, 0.25) is 0 Å². The summed E-state index contributed by atoms with van der Waals surface area (Å²) in [7, 11) is 0. The van der Waals surface area contributed by atoms with E-state index in [1.165, 1.54) is 23.5 Å². The second-order valence-corrected chi connectivity index (χ2v) is 9.42. The van der Waals surface area contributed by atoms with Gasteiger partial charge in [0.1, 0.15) is 27.7 Å². The van der Waals surface area contributed by atoms with Gasteiger partial charge in [-0.25, -0.2) is 19.3 Å². The van der Waals surface area contributed by atoms with Gasteiger partial charge in [-0.15, -0.1) is 22.7 Å². The maximum atomic E-state index is 13.1. The van der Waals surface area contributed by atoms with E-state index in [0.29, 0.717) is 24.4 Å². The monoisotopic (exact) mass is 453 g/mol. The Kier molecular flexibility index (Phi) is 5.37. The van der Waals surface area contributed by atoms with Crippen LogP contribution in [0.1, 0.15) is 25.9 Å². The maximum Gasteiger partial charge on any atom is 0.265 e. The molecule has 3 aromatic heterocycles. The lowest BCUT2D eigenvalue weighted by Gasteiger charge is -2.35. The molecule has 0 atom stereocenters. The largest absolute Gasteiger partial charge is 0.352 e. The number of aromatic nitrogens is 3. The fourth-order valence-electron chi connectivity index (χ4n) is 3.80. The van der Waals surface area contributed by atoms with Gasteiger partial charge in [0.05, 0.1) is 16.1 Å². The molecule has 5 rings (SSSR count). The van der Waals surface area contributed by atoms with Crippen LogP contribution in [0.5, 0.6) is 0 Å². The molecule has 4 aromatic rings. The number of thiazole rings is 1. The van der Waals surface area contributed by atoms with Crippen molar-refractivity contribution in [2.45, 2.75) is 13.3 Å². The highest BCUT2D eigenvalue weighted by atomic mass is 32.1. The molecule has 1 fully saturated rings. The number of hydrogen-bond donors (Lipinski definition) is 0. The first kappa shape index (κ1) is 20.0. The molecule has 9 heteroatoms. The van der Waals surface area contributed by atoms with Gasteiger partial charge >= 0.3 is 0 Å². The van der Waals surface area contributed by atoms with Gasteiger partial charge in [-0.3, -0.25) is 4.79 Å². The van der Waals surface area contributed by atoms with Gasteiger partial charge in [0.15, 0.2) is 0 Å². The molecule has 0 spiro atoms. The van der Waals surface area contributed by atoms with Gasteiger partial charge in [-0.05, 0) is 36.1 Å². The second kappa shape index (κ2) is 8.32. The number of aryl methyl sites for hydroxylation is 1. The topological polar surface area (TPSA) is 62.2 Å². The molecule has 0 saturated carbocycles. The van der Waals surface area contributed by atoms with E-state index >= 15 is 0 Å². The van der Waals surface area contributed by atoms with Crippen molar-refractivity contribution in [2.24, 2.45) is 0 Å². The van der Waals surface area contributed by atoms with Crippen LogP contribution in [-0.2, 0) is 6.42 Å². The lowest BCUT2D eigenvalue weighted by molar-refractivity contribution is 0.0750. The third-order valence-corrected chi connectivity index (χ3v) is 7.38. The van der Waals surface area contributed by atoms with Gasteiger partial charge in [-0.1, -0.05) is 12.1 Å². The highest BCUT2D eigenvalue weighted by Crippen LogP contribution is 2.28. The van der Waals surface area contributed by atoms with E-state index in [0.717, 1.165) is 45.4 Å². The Morgan fingerprint density at radius 1 is 1.10 bits per heavy atom. The Hall–Kier alpha value is -2.91. The lowest BCUT2D eigenvalue weighted by Crippen LogP contribution is -2.49. The van der Waals surface area contributed by atoms with Crippen molar-refractivity contribution in [2.75, 3.05) is 31.1 Å². The van der Waals surface area contributed by atoms with E-state index in [1.54, 1.807) is 29.8 Å². The van der Waals surface area contributed by atoms with Crippen LogP contribution in [0.15, 0.2) is 42.0 Å². The number of halogens is 1. The average molecular weight is 454 g/mol. The number of thiophene rings is 1. The van der Waals surface area contributed by atoms with Gasteiger partial charge in [0.2, 0.25) is 0 Å². The van der Waals surface area contributed by atoms with E-state index in [1.807, 2.05) is 17.2 Å². The number of benzene rings is 1. The van der Waals surface area contributed by atoms with Gasteiger partial charge < -0.3 is 9.80 Å². The zero-order valence-electron chi connectivity index (χ0n) is 16.9. The van der Waals surface area contributed by atoms with E-state index in [-0.39, 0.29) is 11.7 Å². The molecular formula is C22H20FN5OS2. The number of fused-ring (bicyclic) bond motifs is 1. The van der Waals surface area contributed by atoms with Gasteiger partial charge in [0, 0.05) is 32.6 Å². The van der Waals surface area contributed by atoms with Crippen molar-refractivity contribution >= 4 is 44.6 Å². The molecule has 1 saturated heterocycles. The van der Waals surface area contributed by atoms with E-state index in [9.17, 15) is 9.18 Å². The van der Waals surface area contributed by atoms with Crippen molar-refractivity contribution in [1.82, 2.24) is 19.9 Å². The standard InChI is InChI=1S/C22H20FN5OS2/c1-14-19(31-18(26-14)12-15-2-4-16(23)5-3-15)22(29)28-9-7-27(8-10-28)20-17-6-11-30-21(17)25-13-24-20/h2-6,11,13H,7-10,12H2,1H3. The molecule has 0 aliphatic carbocycles. The number of piperazine rings is 1. The van der Waals surface area contributed by atoms with E-state index in [2.05, 4.69) is 25.9 Å². The molecule has 6 nitrogen and oxygen atoms in total. The minimum atomic E-state index is -0.254. The minimum absolute atomic E-state index is 0.0309. The summed E-state index contributed by atoms with van der Waals surface area (Å²) in [5, 5.41) is 3.96. The van der Waals surface area contributed by atoms with Crippen LogP contribution in [0.3, 0.4) is 0 Å². The quantitative estimate of drug-likeness (QED) is 0.465. The van der Waals surface area contributed by atoms with Gasteiger partial charge in [0.25, 0.3) is 5.91 Å². The number of hydrogen-bond acceptors (Lipinski definition) is 7. The van der Waals surface area contributed by atoms with Crippen molar-refractivity contribution in [3.63, 3.8) is 0 Å². The number of amides is 1. The molecule has 158 valence electrons. The maximum absolute atomic E-state index is 13.1. The van der Waals surface area contributed by atoms with Crippen LogP contribution in [0.25, 0.3) is 10.2 Å². The number of carbonyl (C=O) groups excluding carboxylic acids is 1. The van der Waals surface area contributed by atoms with Crippen LogP contribution in [-0.4, -0.2) is 51.9 Å². The summed E-state index contributed by atoms with van der Waals surface area (Å²) in [6, 6.07) is 8.46. The highest BCUT2D eigenvalue weighted by Gasteiger charge is 2.26. The summed E-state index contributed by atoms with van der Waals surface area (Å²) in [5.74, 6) is 0.716. The molecule has 0 radical (unpaired) electrons. The lowest BCUT2D eigenvalue weighted by atomic mass is 10.1. The fourth-order valence-corrected chi connectivity index (χ4v) is 5.59. The molecule has 1 aliphatic rings. The zero-order chi connectivity index (χ0) is 21.4. The Morgan fingerprint density at radius 3 is 2.65 bits per heavy atom. The number of carbonyl (C=O) groups is 1. The van der Waals surface area contributed by atoms with E-state index < -0.39 is 0 Å². The van der Waals surface area contributed by atoms with E-state index in [4.69, 9.17) is 0 Å². The third-order valence-electron chi connectivity index (χ3n) is 5.41. The van der Waals surface area contributed by atoms with Crippen LogP contribution in [0, 0.1) is 12.7 Å². The van der Waals surface area contributed by atoms with Gasteiger partial charge in [-0.2, -0.15) is 0 Å².